The number of hydrogen-bond acceptors (Lipinski definition) is 4. The van der Waals surface area contributed by atoms with E-state index in [0.717, 1.165) is 11.3 Å². The monoisotopic (exact) mass is 344 g/mol. The Bertz CT molecular complexity index is 946. The summed E-state index contributed by atoms with van der Waals surface area (Å²) in [5.74, 6) is -0.0189. The molecule has 0 saturated heterocycles. The maximum atomic E-state index is 12.3. The molecule has 7 heteroatoms. The zero-order valence-corrected chi connectivity index (χ0v) is 14.9. The molecule has 0 fully saturated rings. The van der Waals surface area contributed by atoms with Crippen molar-refractivity contribution in [2.75, 3.05) is 5.32 Å². The molecule has 0 saturated carbocycles. The van der Waals surface area contributed by atoms with Gasteiger partial charge in [-0.2, -0.15) is 11.3 Å². The first-order valence-electron chi connectivity index (χ1n) is 7.69. The van der Waals surface area contributed by atoms with Crippen LogP contribution in [-0.2, 0) is 11.2 Å². The molecular weight excluding hydrogens is 324 g/mol. The molecular formula is C17H20N4O2S. The summed E-state index contributed by atoms with van der Waals surface area (Å²) in [6.07, 6.45) is 0.693. The molecule has 0 radical (unpaired) electrons. The number of carbonyl (C=O) groups is 1. The number of nitrogens with zero attached hydrogens (tertiary/aromatic N) is 1. The molecule has 3 heterocycles. The van der Waals surface area contributed by atoms with Crippen LogP contribution in [-0.4, -0.2) is 20.9 Å². The van der Waals surface area contributed by atoms with Gasteiger partial charge in [0.25, 0.3) is 5.56 Å². The third-order valence-electron chi connectivity index (χ3n) is 3.84. The molecule has 0 atom stereocenters. The summed E-state index contributed by atoms with van der Waals surface area (Å²) in [6, 6.07) is 2.05. The van der Waals surface area contributed by atoms with E-state index in [2.05, 4.69) is 31.7 Å². The Morgan fingerprint density at radius 2 is 2.08 bits per heavy atom. The van der Waals surface area contributed by atoms with Crippen molar-refractivity contribution < 1.29 is 4.79 Å². The lowest BCUT2D eigenvalue weighted by atomic mass is 9.96. The van der Waals surface area contributed by atoms with E-state index in [1.165, 1.54) is 5.56 Å². The fourth-order valence-corrected chi connectivity index (χ4v) is 3.08. The van der Waals surface area contributed by atoms with Gasteiger partial charge >= 0.3 is 0 Å². The summed E-state index contributed by atoms with van der Waals surface area (Å²) in [4.78, 5) is 34.7. The maximum Gasteiger partial charge on any atom is 0.276 e. The van der Waals surface area contributed by atoms with Crippen molar-refractivity contribution >= 4 is 34.2 Å². The highest BCUT2D eigenvalue weighted by Crippen LogP contribution is 2.23. The molecule has 0 unspecified atom stereocenters. The van der Waals surface area contributed by atoms with E-state index in [4.69, 9.17) is 0 Å². The summed E-state index contributed by atoms with van der Waals surface area (Å²) >= 11 is 1.63. The molecule has 0 aliphatic rings. The Kier molecular flexibility index (Phi) is 4.04. The SMILES string of the molecule is Cc1[nH]c2c(=O)[nH]c(NC(=O)C(C)(C)C)nc2c1Cc1ccsc1. The van der Waals surface area contributed by atoms with E-state index in [-0.39, 0.29) is 17.4 Å². The maximum absolute atomic E-state index is 12.3. The summed E-state index contributed by atoms with van der Waals surface area (Å²) in [6.45, 7) is 7.35. The number of nitrogens with one attached hydrogen (secondary N) is 3. The van der Waals surface area contributed by atoms with Gasteiger partial charge in [-0.1, -0.05) is 20.8 Å². The van der Waals surface area contributed by atoms with E-state index in [9.17, 15) is 9.59 Å². The molecule has 24 heavy (non-hydrogen) atoms. The van der Waals surface area contributed by atoms with E-state index in [1.54, 1.807) is 32.1 Å². The predicted octanol–water partition coefficient (Wildman–Crippen LogP) is 3.20. The number of carbonyl (C=O) groups excluding carboxylic acids is 1. The Morgan fingerprint density at radius 3 is 2.71 bits per heavy atom. The van der Waals surface area contributed by atoms with Crippen LogP contribution < -0.4 is 10.9 Å². The minimum Gasteiger partial charge on any atom is -0.353 e. The van der Waals surface area contributed by atoms with Gasteiger partial charge < -0.3 is 4.98 Å². The first-order chi connectivity index (χ1) is 11.3. The van der Waals surface area contributed by atoms with Crippen molar-refractivity contribution in [2.24, 2.45) is 5.41 Å². The molecule has 0 aromatic carbocycles. The lowest BCUT2D eigenvalue weighted by molar-refractivity contribution is -0.123. The van der Waals surface area contributed by atoms with Gasteiger partial charge in [0.2, 0.25) is 11.9 Å². The Balaban J connectivity index is 2.05. The van der Waals surface area contributed by atoms with Gasteiger partial charge in [0.1, 0.15) is 11.0 Å². The zero-order valence-electron chi connectivity index (χ0n) is 14.1. The lowest BCUT2D eigenvalue weighted by Crippen LogP contribution is -2.29. The van der Waals surface area contributed by atoms with Gasteiger partial charge in [-0.05, 0) is 29.3 Å². The number of aromatic amines is 2. The number of rotatable bonds is 3. The van der Waals surface area contributed by atoms with Crippen LogP contribution in [0.2, 0.25) is 0 Å². The van der Waals surface area contributed by atoms with Crippen molar-refractivity contribution in [1.29, 1.82) is 0 Å². The van der Waals surface area contributed by atoms with Gasteiger partial charge in [0, 0.05) is 23.1 Å². The zero-order chi connectivity index (χ0) is 17.5. The van der Waals surface area contributed by atoms with Crippen LogP contribution in [0.1, 0.15) is 37.6 Å². The minimum atomic E-state index is -0.568. The largest absolute Gasteiger partial charge is 0.353 e. The Labute approximate surface area is 143 Å². The summed E-state index contributed by atoms with van der Waals surface area (Å²) in [5, 5.41) is 6.79. The van der Waals surface area contributed by atoms with E-state index in [0.29, 0.717) is 17.5 Å². The molecule has 0 aliphatic carbocycles. The second kappa shape index (κ2) is 5.90. The lowest BCUT2D eigenvalue weighted by Gasteiger charge is -2.16. The molecule has 3 N–H and O–H groups in total. The second-order valence-corrected chi connectivity index (χ2v) is 7.66. The van der Waals surface area contributed by atoms with Crippen LogP contribution in [0.5, 0.6) is 0 Å². The van der Waals surface area contributed by atoms with E-state index >= 15 is 0 Å². The highest BCUT2D eigenvalue weighted by molar-refractivity contribution is 7.07. The number of aromatic nitrogens is 3. The fourth-order valence-electron chi connectivity index (χ4n) is 2.42. The first-order valence-corrected chi connectivity index (χ1v) is 8.64. The summed E-state index contributed by atoms with van der Waals surface area (Å²) in [5.41, 5.74) is 3.24. The molecule has 3 rings (SSSR count). The summed E-state index contributed by atoms with van der Waals surface area (Å²) in [7, 11) is 0. The van der Waals surface area contributed by atoms with Crippen LogP contribution in [0.15, 0.2) is 21.6 Å². The number of H-pyrrole nitrogens is 2. The number of amides is 1. The third kappa shape index (κ3) is 3.12. The number of thiophene rings is 1. The van der Waals surface area contributed by atoms with Crippen LogP contribution in [0.3, 0.4) is 0 Å². The molecule has 0 spiro atoms. The van der Waals surface area contributed by atoms with Gasteiger partial charge in [0.15, 0.2) is 0 Å². The normalized spacial score (nSPS) is 11.8. The van der Waals surface area contributed by atoms with Crippen LogP contribution in [0, 0.1) is 12.3 Å². The third-order valence-corrected chi connectivity index (χ3v) is 4.58. The number of hydrogen-bond donors (Lipinski definition) is 3. The molecule has 0 bridgehead atoms. The second-order valence-electron chi connectivity index (χ2n) is 6.88. The quantitative estimate of drug-likeness (QED) is 0.681. The number of fused-ring (bicyclic) bond motifs is 1. The fraction of sp³-hybridized carbons (Fsp3) is 0.353. The number of anilines is 1. The predicted molar refractivity (Wildman–Crippen MR) is 96.7 cm³/mol. The van der Waals surface area contributed by atoms with Crippen molar-refractivity contribution in [2.45, 2.75) is 34.1 Å². The van der Waals surface area contributed by atoms with E-state index < -0.39 is 5.41 Å². The standard InChI is InChI=1S/C17H20N4O2S/c1-9-11(7-10-5-6-24-8-10)12-13(18-9)14(22)20-16(19-12)21-15(23)17(2,3)4/h5-6,8,18H,7H2,1-4H3,(H2,19,20,21,22,23). The molecule has 126 valence electrons. The van der Waals surface area contributed by atoms with Gasteiger partial charge in [-0.25, -0.2) is 4.98 Å². The average Bonchev–Trinajstić information content (AvgIpc) is 3.09. The highest BCUT2D eigenvalue weighted by atomic mass is 32.1. The van der Waals surface area contributed by atoms with Crippen LogP contribution in [0.4, 0.5) is 5.95 Å². The van der Waals surface area contributed by atoms with Crippen molar-refractivity contribution in [3.05, 3.63) is 44.0 Å². The topological polar surface area (TPSA) is 90.6 Å². The van der Waals surface area contributed by atoms with Gasteiger partial charge in [-0.3, -0.25) is 19.9 Å². The molecule has 3 aromatic heterocycles. The van der Waals surface area contributed by atoms with Crippen molar-refractivity contribution in [1.82, 2.24) is 15.0 Å². The van der Waals surface area contributed by atoms with Crippen molar-refractivity contribution in [3.8, 4) is 0 Å². The van der Waals surface area contributed by atoms with Gasteiger partial charge in [0.05, 0.1) is 0 Å². The highest BCUT2D eigenvalue weighted by Gasteiger charge is 2.23. The molecule has 3 aromatic rings. The van der Waals surface area contributed by atoms with Crippen LogP contribution in [0.25, 0.3) is 11.0 Å². The van der Waals surface area contributed by atoms with Crippen LogP contribution >= 0.6 is 11.3 Å². The Morgan fingerprint density at radius 1 is 1.33 bits per heavy atom. The molecule has 0 aliphatic heterocycles. The first kappa shape index (κ1) is 16.4. The molecule has 6 nitrogen and oxygen atoms in total. The van der Waals surface area contributed by atoms with E-state index in [1.807, 2.05) is 12.3 Å². The van der Waals surface area contributed by atoms with Crippen molar-refractivity contribution in [3.63, 3.8) is 0 Å². The van der Waals surface area contributed by atoms with Gasteiger partial charge in [-0.15, -0.1) is 0 Å². The Hall–Kier alpha value is -2.41. The number of aryl methyl sites for hydroxylation is 1. The molecule has 1 amide bonds. The average molecular weight is 344 g/mol. The summed E-state index contributed by atoms with van der Waals surface area (Å²) < 4.78 is 0. The minimum absolute atomic E-state index is 0.179. The smallest absolute Gasteiger partial charge is 0.276 e.